The first kappa shape index (κ1) is 31.3. The van der Waals surface area contributed by atoms with Crippen molar-refractivity contribution in [2.24, 2.45) is 0 Å². The fraction of sp³-hybridized carbons (Fsp3) is 0.433. The molecule has 1 aliphatic heterocycles. The quantitative estimate of drug-likeness (QED) is 0.399. The smallest absolute Gasteiger partial charge is 0.495 e. The van der Waals surface area contributed by atoms with E-state index in [1.807, 2.05) is 45.9 Å². The molecule has 1 N–H and O–H groups in total. The van der Waals surface area contributed by atoms with Crippen molar-refractivity contribution in [3.05, 3.63) is 70.2 Å². The van der Waals surface area contributed by atoms with Gasteiger partial charge in [-0.15, -0.1) is 0 Å². The van der Waals surface area contributed by atoms with Crippen LogP contribution in [-0.4, -0.2) is 35.2 Å². The molecule has 2 aromatic carbocycles. The third-order valence-electron chi connectivity index (χ3n) is 7.16. The molecule has 1 aromatic heterocycles. The van der Waals surface area contributed by atoms with Crippen LogP contribution >= 0.6 is 0 Å². The van der Waals surface area contributed by atoms with Gasteiger partial charge in [-0.1, -0.05) is 63.6 Å². The molecule has 1 saturated heterocycles. The summed E-state index contributed by atoms with van der Waals surface area (Å²) < 4.78 is 59.7. The van der Waals surface area contributed by atoms with Gasteiger partial charge in [-0.05, 0) is 61.3 Å². The minimum atomic E-state index is -4.57. The third-order valence-corrected chi connectivity index (χ3v) is 7.16. The molecule has 0 saturated carbocycles. The first-order valence-corrected chi connectivity index (χ1v) is 13.4. The van der Waals surface area contributed by atoms with Gasteiger partial charge in [0.05, 0.1) is 24.9 Å². The number of nitrogens with one attached hydrogen (secondary N) is 1. The van der Waals surface area contributed by atoms with Crippen LogP contribution in [0.2, 0.25) is 0 Å². The highest BCUT2D eigenvalue weighted by atomic mass is 19.4. The van der Waals surface area contributed by atoms with E-state index >= 15 is 0 Å². The Hall–Kier alpha value is -3.24. The Morgan fingerprint density at radius 1 is 1.02 bits per heavy atom. The van der Waals surface area contributed by atoms with Crippen LogP contribution in [0.1, 0.15) is 65.6 Å². The van der Waals surface area contributed by atoms with Gasteiger partial charge in [-0.2, -0.15) is 18.3 Å². The van der Waals surface area contributed by atoms with Gasteiger partial charge in [0.2, 0.25) is 0 Å². The first-order chi connectivity index (χ1) is 18.7. The average molecular weight is 557 g/mol. The van der Waals surface area contributed by atoms with Gasteiger partial charge in [-0.25, -0.2) is 0 Å². The van der Waals surface area contributed by atoms with E-state index in [1.54, 1.807) is 30.5 Å². The number of unbranched alkanes of at least 4 members (excludes halogenated alkanes) is 1. The number of nitrogens with zero attached hydrogens (tertiary/aromatic N) is 2. The van der Waals surface area contributed by atoms with E-state index in [9.17, 15) is 13.2 Å². The molecule has 3 aromatic rings. The monoisotopic (exact) mass is 557 g/mol. The van der Waals surface area contributed by atoms with Crippen molar-refractivity contribution >= 4 is 31.2 Å². The second-order valence-electron chi connectivity index (χ2n) is 10.7. The first-order valence-electron chi connectivity index (χ1n) is 13.4. The van der Waals surface area contributed by atoms with Crippen LogP contribution < -0.4 is 26.0 Å². The Morgan fingerprint density at radius 3 is 2.15 bits per heavy atom. The summed E-state index contributed by atoms with van der Waals surface area (Å²) in [5.74, 6) is 0.677. The Morgan fingerprint density at radius 2 is 1.62 bits per heavy atom. The van der Waals surface area contributed by atoms with Crippen molar-refractivity contribution in [3.8, 4) is 5.75 Å². The number of benzene rings is 2. The van der Waals surface area contributed by atoms with Gasteiger partial charge in [0.25, 0.3) is 0 Å². The molecule has 40 heavy (non-hydrogen) atoms. The average Bonchev–Trinajstić information content (AvgIpc) is 3.40. The molecule has 0 spiro atoms. The molecule has 1 fully saturated rings. The zero-order valence-corrected chi connectivity index (χ0v) is 24.4. The summed E-state index contributed by atoms with van der Waals surface area (Å²) in [5, 5.41) is 8.42. The normalized spacial score (nSPS) is 16.4. The highest BCUT2D eigenvalue weighted by Crippen LogP contribution is 2.36. The Bertz CT molecular complexity index is 1370. The van der Waals surface area contributed by atoms with Crippen molar-refractivity contribution < 1.29 is 27.2 Å². The van der Waals surface area contributed by atoms with Gasteiger partial charge in [-0.3, -0.25) is 4.68 Å². The standard InChI is InChI=1S/C26H29BF3N3O3.C4H10/c1-17-8-7-9-21(27-35-24(2,3)25(4,5)36-27)20(17)15-31-23-14-22(26(28,29)30)33(32-23)16-18-10-12-19(34-6)13-11-18;1-3-4-2/h7-15H,1,16H2,2-6H3,(H,31,32);3-4H2,1-2H3/b20-15+;. The maximum Gasteiger partial charge on any atom is 0.495 e. The number of methoxy groups -OCH3 is 1. The van der Waals surface area contributed by atoms with Crippen molar-refractivity contribution in [1.82, 2.24) is 9.78 Å². The number of ether oxygens (including phenoxy) is 1. The lowest BCUT2D eigenvalue weighted by molar-refractivity contribution is -0.144. The SMILES string of the molecule is C=c1cccc(B2OC(C)(C)C(C)(C)O2)/c1=C/Nc1cc(C(F)(F)F)n(Cc2ccc(OC)cc2)n1.CCCC. The second-order valence-corrected chi connectivity index (χ2v) is 10.7. The van der Waals surface area contributed by atoms with Gasteiger partial charge in [0.15, 0.2) is 5.82 Å². The van der Waals surface area contributed by atoms with Crippen molar-refractivity contribution in [2.45, 2.75) is 78.3 Å². The molecule has 6 nitrogen and oxygen atoms in total. The Labute approximate surface area is 235 Å². The third kappa shape index (κ3) is 7.28. The van der Waals surface area contributed by atoms with Crippen LogP contribution in [0, 0.1) is 0 Å². The predicted octanol–water partition coefficient (Wildman–Crippen LogP) is 5.32. The van der Waals surface area contributed by atoms with E-state index in [1.165, 1.54) is 20.0 Å². The molecule has 0 bridgehead atoms. The van der Waals surface area contributed by atoms with Crippen LogP contribution in [0.25, 0.3) is 12.8 Å². The molecule has 1 aliphatic rings. The maximum absolute atomic E-state index is 13.8. The summed E-state index contributed by atoms with van der Waals surface area (Å²) in [6.07, 6.45) is -0.347. The van der Waals surface area contributed by atoms with Crippen molar-refractivity contribution in [3.63, 3.8) is 0 Å². The minimum Gasteiger partial charge on any atom is -0.497 e. The molecular weight excluding hydrogens is 518 g/mol. The Balaban J connectivity index is 0.00000103. The van der Waals surface area contributed by atoms with Crippen LogP contribution in [0.3, 0.4) is 0 Å². The number of alkyl halides is 3. The van der Waals surface area contributed by atoms with E-state index in [0.29, 0.717) is 21.8 Å². The van der Waals surface area contributed by atoms with Crippen LogP contribution in [0.4, 0.5) is 19.0 Å². The summed E-state index contributed by atoms with van der Waals surface area (Å²) in [4.78, 5) is 0. The molecule has 0 unspecified atom stereocenters. The molecule has 0 amide bonds. The molecular formula is C30H39BF3N3O3. The van der Waals surface area contributed by atoms with E-state index in [4.69, 9.17) is 14.0 Å². The van der Waals surface area contributed by atoms with E-state index < -0.39 is 30.2 Å². The van der Waals surface area contributed by atoms with E-state index in [-0.39, 0.29) is 12.4 Å². The molecule has 0 radical (unpaired) electrons. The molecule has 2 heterocycles. The lowest BCUT2D eigenvalue weighted by Gasteiger charge is -2.32. The van der Waals surface area contributed by atoms with Crippen LogP contribution in [0.5, 0.6) is 5.75 Å². The molecule has 0 atom stereocenters. The topological polar surface area (TPSA) is 57.5 Å². The molecule has 10 heteroatoms. The fourth-order valence-electron chi connectivity index (χ4n) is 3.87. The maximum atomic E-state index is 13.8. The van der Waals surface area contributed by atoms with Gasteiger partial charge < -0.3 is 19.4 Å². The van der Waals surface area contributed by atoms with E-state index in [2.05, 4.69) is 30.8 Å². The highest BCUT2D eigenvalue weighted by Gasteiger charge is 2.52. The number of halogens is 3. The lowest BCUT2D eigenvalue weighted by atomic mass is 9.77. The summed E-state index contributed by atoms with van der Waals surface area (Å²) in [6, 6.07) is 13.3. The van der Waals surface area contributed by atoms with Gasteiger partial charge in [0, 0.05) is 12.3 Å². The van der Waals surface area contributed by atoms with Crippen LogP contribution in [0.15, 0.2) is 48.5 Å². The van der Waals surface area contributed by atoms with Crippen LogP contribution in [-0.2, 0) is 22.0 Å². The summed E-state index contributed by atoms with van der Waals surface area (Å²) in [6.45, 7) is 16.2. The largest absolute Gasteiger partial charge is 0.497 e. The zero-order chi connectivity index (χ0) is 29.7. The number of anilines is 1. The highest BCUT2D eigenvalue weighted by molar-refractivity contribution is 6.62. The summed E-state index contributed by atoms with van der Waals surface area (Å²) >= 11 is 0. The minimum absolute atomic E-state index is 0.0500. The second kappa shape index (κ2) is 12.5. The van der Waals surface area contributed by atoms with Crippen molar-refractivity contribution in [2.75, 3.05) is 12.4 Å². The number of hydrogen-bond acceptors (Lipinski definition) is 5. The molecule has 0 aliphatic carbocycles. The van der Waals surface area contributed by atoms with Gasteiger partial charge in [0.1, 0.15) is 11.4 Å². The van der Waals surface area contributed by atoms with E-state index in [0.717, 1.165) is 16.2 Å². The summed E-state index contributed by atoms with van der Waals surface area (Å²) in [5.41, 5.74) is -0.556. The lowest BCUT2D eigenvalue weighted by Crippen LogP contribution is -2.49. The number of hydrogen-bond donors (Lipinski definition) is 1. The Kier molecular flexibility index (Phi) is 9.79. The number of rotatable bonds is 7. The van der Waals surface area contributed by atoms with Gasteiger partial charge >= 0.3 is 13.3 Å². The van der Waals surface area contributed by atoms with Crippen molar-refractivity contribution in [1.29, 1.82) is 0 Å². The summed E-state index contributed by atoms with van der Waals surface area (Å²) in [7, 11) is 0.879. The molecule has 216 valence electrons. The zero-order valence-electron chi connectivity index (χ0n) is 24.4. The predicted molar refractivity (Wildman–Crippen MR) is 155 cm³/mol. The number of aromatic nitrogens is 2. The molecule has 4 rings (SSSR count). The fourth-order valence-corrected chi connectivity index (χ4v) is 3.87.